The van der Waals surface area contributed by atoms with Crippen molar-refractivity contribution in [1.82, 2.24) is 10.2 Å². The van der Waals surface area contributed by atoms with Gasteiger partial charge in [-0.1, -0.05) is 11.6 Å². The lowest BCUT2D eigenvalue weighted by Crippen LogP contribution is -2.46. The number of rotatable bonds is 2. The molecule has 5 heteroatoms. The van der Waals surface area contributed by atoms with Crippen molar-refractivity contribution in [2.45, 2.75) is 37.8 Å². The molecular formula is C15H18ClFN2O. The van der Waals surface area contributed by atoms with Gasteiger partial charge in [0.2, 0.25) is 0 Å². The number of carbonyl (C=O) groups excluding carboxylic acids is 1. The van der Waals surface area contributed by atoms with E-state index in [0.29, 0.717) is 11.6 Å². The van der Waals surface area contributed by atoms with Crippen molar-refractivity contribution in [1.29, 1.82) is 0 Å². The maximum Gasteiger partial charge on any atom is 0.254 e. The predicted octanol–water partition coefficient (Wildman–Crippen LogP) is 2.84. The van der Waals surface area contributed by atoms with E-state index in [1.165, 1.54) is 18.6 Å². The van der Waals surface area contributed by atoms with Gasteiger partial charge in [0.25, 0.3) is 5.91 Å². The fourth-order valence-corrected chi connectivity index (χ4v) is 3.42. The summed E-state index contributed by atoms with van der Waals surface area (Å²) in [6.07, 6.45) is 4.33. The number of nitrogens with one attached hydrogen (secondary N) is 1. The van der Waals surface area contributed by atoms with Gasteiger partial charge in [-0.25, -0.2) is 4.39 Å². The van der Waals surface area contributed by atoms with Gasteiger partial charge in [0.15, 0.2) is 0 Å². The fraction of sp³-hybridized carbons (Fsp3) is 0.533. The van der Waals surface area contributed by atoms with Crippen LogP contribution in [0.25, 0.3) is 0 Å². The molecule has 0 spiro atoms. The summed E-state index contributed by atoms with van der Waals surface area (Å²) in [5.74, 6) is -0.621. The molecule has 20 heavy (non-hydrogen) atoms. The first-order chi connectivity index (χ1) is 9.66. The standard InChI is InChI=1S/C15H18ClFN2O/c16-11-6-5-10(9-12(11)17)15(20)19-8-2-4-14(19)13-3-1-7-18-13/h5-6,9,13-14,18H,1-4,7-8H2. The van der Waals surface area contributed by atoms with Crippen LogP contribution in [0.1, 0.15) is 36.0 Å². The summed E-state index contributed by atoms with van der Waals surface area (Å²) < 4.78 is 13.5. The van der Waals surface area contributed by atoms with Crippen LogP contribution in [0, 0.1) is 5.82 Å². The lowest BCUT2D eigenvalue weighted by Gasteiger charge is -2.29. The number of benzene rings is 1. The largest absolute Gasteiger partial charge is 0.334 e. The molecule has 1 aromatic carbocycles. The maximum absolute atomic E-state index is 13.5. The minimum absolute atomic E-state index is 0.0528. The third kappa shape index (κ3) is 2.54. The topological polar surface area (TPSA) is 32.3 Å². The van der Waals surface area contributed by atoms with E-state index >= 15 is 0 Å². The Kier molecular flexibility index (Phi) is 3.94. The number of nitrogens with zero attached hydrogens (tertiary/aromatic N) is 1. The molecule has 2 fully saturated rings. The van der Waals surface area contributed by atoms with Crippen LogP contribution in [-0.4, -0.2) is 36.0 Å². The third-order valence-electron chi connectivity index (χ3n) is 4.29. The lowest BCUT2D eigenvalue weighted by atomic mass is 10.0. The molecule has 2 aliphatic rings. The summed E-state index contributed by atoms with van der Waals surface area (Å²) in [4.78, 5) is 14.5. The minimum Gasteiger partial charge on any atom is -0.334 e. The van der Waals surface area contributed by atoms with Crippen LogP contribution in [-0.2, 0) is 0 Å². The molecule has 0 saturated carbocycles. The Morgan fingerprint density at radius 3 is 2.90 bits per heavy atom. The number of hydrogen-bond donors (Lipinski definition) is 1. The van der Waals surface area contributed by atoms with E-state index in [1.807, 2.05) is 4.90 Å². The Hall–Kier alpha value is -1.13. The maximum atomic E-state index is 13.5. The summed E-state index contributed by atoms with van der Waals surface area (Å²) in [6.45, 7) is 1.78. The highest BCUT2D eigenvalue weighted by Gasteiger charge is 2.36. The Labute approximate surface area is 123 Å². The van der Waals surface area contributed by atoms with Gasteiger partial charge in [0.05, 0.1) is 5.02 Å². The van der Waals surface area contributed by atoms with E-state index in [-0.39, 0.29) is 17.0 Å². The summed E-state index contributed by atoms with van der Waals surface area (Å²) in [5.41, 5.74) is 0.386. The molecule has 1 amide bonds. The molecule has 2 heterocycles. The smallest absolute Gasteiger partial charge is 0.254 e. The molecule has 2 atom stereocenters. The lowest BCUT2D eigenvalue weighted by molar-refractivity contribution is 0.0711. The van der Waals surface area contributed by atoms with Gasteiger partial charge in [-0.3, -0.25) is 4.79 Å². The first-order valence-electron chi connectivity index (χ1n) is 7.16. The molecule has 2 unspecified atom stereocenters. The molecule has 0 aromatic heterocycles. The second-order valence-corrected chi connectivity index (χ2v) is 5.95. The number of hydrogen-bond acceptors (Lipinski definition) is 2. The Balaban J connectivity index is 1.79. The first-order valence-corrected chi connectivity index (χ1v) is 7.54. The van der Waals surface area contributed by atoms with E-state index in [1.54, 1.807) is 6.07 Å². The molecule has 2 aliphatic heterocycles. The van der Waals surface area contributed by atoms with Crippen LogP contribution in [0.3, 0.4) is 0 Å². The van der Waals surface area contributed by atoms with Gasteiger partial charge in [-0.15, -0.1) is 0 Å². The summed E-state index contributed by atoms with van der Waals surface area (Å²) >= 11 is 5.67. The number of halogens is 2. The Morgan fingerprint density at radius 2 is 2.20 bits per heavy atom. The van der Waals surface area contributed by atoms with Crippen molar-refractivity contribution in [2.75, 3.05) is 13.1 Å². The Morgan fingerprint density at radius 1 is 1.35 bits per heavy atom. The molecule has 0 bridgehead atoms. The van der Waals surface area contributed by atoms with Crippen molar-refractivity contribution >= 4 is 17.5 Å². The highest BCUT2D eigenvalue weighted by molar-refractivity contribution is 6.30. The van der Waals surface area contributed by atoms with Gasteiger partial charge >= 0.3 is 0 Å². The molecule has 1 aromatic rings. The molecule has 0 radical (unpaired) electrons. The highest BCUT2D eigenvalue weighted by Crippen LogP contribution is 2.27. The second kappa shape index (κ2) is 5.70. The van der Waals surface area contributed by atoms with E-state index in [9.17, 15) is 9.18 Å². The summed E-state index contributed by atoms with van der Waals surface area (Å²) in [5, 5.41) is 3.52. The monoisotopic (exact) mass is 296 g/mol. The molecular weight excluding hydrogens is 279 g/mol. The van der Waals surface area contributed by atoms with E-state index in [4.69, 9.17) is 11.6 Å². The fourth-order valence-electron chi connectivity index (χ4n) is 3.30. The Bertz CT molecular complexity index is 517. The van der Waals surface area contributed by atoms with Crippen LogP contribution in [0.15, 0.2) is 18.2 Å². The molecule has 3 nitrogen and oxygen atoms in total. The van der Waals surface area contributed by atoms with Crippen molar-refractivity contribution in [3.63, 3.8) is 0 Å². The van der Waals surface area contributed by atoms with E-state index in [2.05, 4.69) is 5.32 Å². The molecule has 3 rings (SSSR count). The molecule has 2 saturated heterocycles. The zero-order chi connectivity index (χ0) is 14.1. The number of carbonyl (C=O) groups is 1. The van der Waals surface area contributed by atoms with Crippen molar-refractivity contribution in [2.24, 2.45) is 0 Å². The first kappa shape index (κ1) is 13.8. The van der Waals surface area contributed by atoms with Crippen LogP contribution in [0.5, 0.6) is 0 Å². The van der Waals surface area contributed by atoms with Crippen molar-refractivity contribution < 1.29 is 9.18 Å². The van der Waals surface area contributed by atoms with Crippen molar-refractivity contribution in [3.8, 4) is 0 Å². The van der Waals surface area contributed by atoms with E-state index in [0.717, 1.165) is 32.4 Å². The number of amides is 1. The summed E-state index contributed by atoms with van der Waals surface area (Å²) in [7, 11) is 0. The normalized spacial score (nSPS) is 26.2. The average molecular weight is 297 g/mol. The predicted molar refractivity (Wildman–Crippen MR) is 76.5 cm³/mol. The van der Waals surface area contributed by atoms with Crippen LogP contribution < -0.4 is 5.32 Å². The van der Waals surface area contributed by atoms with Gasteiger partial charge in [0, 0.05) is 24.2 Å². The highest BCUT2D eigenvalue weighted by atomic mass is 35.5. The summed E-state index contributed by atoms with van der Waals surface area (Å²) in [6, 6.07) is 4.92. The zero-order valence-electron chi connectivity index (χ0n) is 11.2. The van der Waals surface area contributed by atoms with Crippen LogP contribution in [0.2, 0.25) is 5.02 Å². The third-order valence-corrected chi connectivity index (χ3v) is 4.60. The molecule has 0 aliphatic carbocycles. The zero-order valence-corrected chi connectivity index (χ0v) is 12.0. The molecule has 108 valence electrons. The van der Waals surface area contributed by atoms with Crippen LogP contribution in [0.4, 0.5) is 4.39 Å². The van der Waals surface area contributed by atoms with Gasteiger partial charge in [-0.2, -0.15) is 0 Å². The van der Waals surface area contributed by atoms with Crippen LogP contribution >= 0.6 is 11.6 Å². The number of likely N-dealkylation sites (tertiary alicyclic amines) is 1. The minimum atomic E-state index is -0.535. The average Bonchev–Trinajstić information content (AvgIpc) is 3.10. The quantitative estimate of drug-likeness (QED) is 0.910. The van der Waals surface area contributed by atoms with Crippen molar-refractivity contribution in [3.05, 3.63) is 34.6 Å². The van der Waals surface area contributed by atoms with E-state index < -0.39 is 5.82 Å². The van der Waals surface area contributed by atoms with Gasteiger partial charge in [-0.05, 0) is 50.4 Å². The SMILES string of the molecule is O=C(c1ccc(Cl)c(F)c1)N1CCCC1C1CCCN1. The second-order valence-electron chi connectivity index (χ2n) is 5.54. The molecule has 1 N–H and O–H groups in total. The van der Waals surface area contributed by atoms with Gasteiger partial charge < -0.3 is 10.2 Å². The van der Waals surface area contributed by atoms with Gasteiger partial charge in [0.1, 0.15) is 5.82 Å².